The minimum absolute atomic E-state index is 0.00217. The second kappa shape index (κ2) is 7.84. The molecule has 0 aliphatic rings. The van der Waals surface area contributed by atoms with Crippen molar-refractivity contribution in [2.75, 3.05) is 5.32 Å². The average Bonchev–Trinajstić information content (AvgIpc) is 3.16. The highest BCUT2D eigenvalue weighted by Gasteiger charge is 2.20. The predicted octanol–water partition coefficient (Wildman–Crippen LogP) is 5.27. The van der Waals surface area contributed by atoms with Gasteiger partial charge in [0.05, 0.1) is 17.2 Å². The number of furan rings is 1. The number of ketones is 1. The van der Waals surface area contributed by atoms with Crippen LogP contribution in [0.5, 0.6) is 0 Å². The van der Waals surface area contributed by atoms with Crippen molar-refractivity contribution >= 4 is 28.8 Å². The molecule has 26 heavy (non-hydrogen) atoms. The van der Waals surface area contributed by atoms with Crippen molar-refractivity contribution in [3.8, 4) is 0 Å². The number of carbonyl (C=O) groups is 1. The molecular formula is C19H15ClN2O4. The fraction of sp³-hybridized carbons (Fsp3) is 0.105. The highest BCUT2D eigenvalue weighted by atomic mass is 35.5. The molecule has 1 aromatic heterocycles. The monoisotopic (exact) mass is 370 g/mol. The SMILES string of the molecule is O=C(C[C@H](Nc1ccc([N+](=O)[O-])cc1)c1ccco1)c1ccc(Cl)cc1. The van der Waals surface area contributed by atoms with E-state index in [1.165, 1.54) is 18.4 Å². The van der Waals surface area contributed by atoms with Crippen LogP contribution in [0, 0.1) is 10.1 Å². The minimum Gasteiger partial charge on any atom is -0.467 e. The van der Waals surface area contributed by atoms with Gasteiger partial charge in [-0.05, 0) is 48.5 Å². The van der Waals surface area contributed by atoms with E-state index in [2.05, 4.69) is 5.32 Å². The Morgan fingerprint density at radius 1 is 1.12 bits per heavy atom. The Bertz CT molecular complexity index is 890. The number of carbonyl (C=O) groups excluding carboxylic acids is 1. The van der Waals surface area contributed by atoms with Crippen LogP contribution in [0.3, 0.4) is 0 Å². The molecule has 1 N–H and O–H groups in total. The van der Waals surface area contributed by atoms with Gasteiger partial charge in [-0.3, -0.25) is 14.9 Å². The molecule has 0 unspecified atom stereocenters. The average molecular weight is 371 g/mol. The fourth-order valence-electron chi connectivity index (χ4n) is 2.53. The lowest BCUT2D eigenvalue weighted by molar-refractivity contribution is -0.384. The second-order valence-corrected chi connectivity index (χ2v) is 6.09. The first-order chi connectivity index (χ1) is 12.5. The maximum absolute atomic E-state index is 12.6. The van der Waals surface area contributed by atoms with E-state index in [1.54, 1.807) is 48.5 Å². The molecule has 0 fully saturated rings. The summed E-state index contributed by atoms with van der Waals surface area (Å²) in [6, 6.07) is 15.8. The number of Topliss-reactive ketones (excluding diaryl/α,β-unsaturated/α-hetero) is 1. The number of anilines is 1. The smallest absolute Gasteiger partial charge is 0.269 e. The van der Waals surface area contributed by atoms with Gasteiger partial charge in [0.1, 0.15) is 5.76 Å². The van der Waals surface area contributed by atoms with E-state index in [-0.39, 0.29) is 17.9 Å². The van der Waals surface area contributed by atoms with E-state index in [1.807, 2.05) is 0 Å². The highest BCUT2D eigenvalue weighted by Crippen LogP contribution is 2.26. The summed E-state index contributed by atoms with van der Waals surface area (Å²) in [5, 5.41) is 14.5. The summed E-state index contributed by atoms with van der Waals surface area (Å²) in [6.45, 7) is 0. The zero-order chi connectivity index (χ0) is 18.5. The standard InChI is InChI=1S/C19H15ClN2O4/c20-14-5-3-13(4-6-14)18(23)12-17(19-2-1-11-26-19)21-15-7-9-16(10-8-15)22(24)25/h1-11,17,21H,12H2/t17-/m0/s1. The van der Waals surface area contributed by atoms with Crippen LogP contribution in [0.1, 0.15) is 28.6 Å². The topological polar surface area (TPSA) is 85.4 Å². The van der Waals surface area contributed by atoms with E-state index in [0.717, 1.165) is 0 Å². The second-order valence-electron chi connectivity index (χ2n) is 5.65. The van der Waals surface area contributed by atoms with Crippen LogP contribution in [-0.4, -0.2) is 10.7 Å². The number of nitro benzene ring substituents is 1. The van der Waals surface area contributed by atoms with Crippen LogP contribution < -0.4 is 5.32 Å². The maximum atomic E-state index is 12.6. The van der Waals surface area contributed by atoms with Crippen LogP contribution in [0.4, 0.5) is 11.4 Å². The van der Waals surface area contributed by atoms with Gasteiger partial charge >= 0.3 is 0 Å². The zero-order valence-electron chi connectivity index (χ0n) is 13.6. The summed E-state index contributed by atoms with van der Waals surface area (Å²) < 4.78 is 5.44. The summed E-state index contributed by atoms with van der Waals surface area (Å²) in [7, 11) is 0. The maximum Gasteiger partial charge on any atom is 0.269 e. The van der Waals surface area contributed by atoms with Crippen molar-refractivity contribution in [3.05, 3.63) is 93.4 Å². The molecule has 0 saturated heterocycles. The molecule has 0 spiro atoms. The molecule has 132 valence electrons. The molecule has 3 rings (SSSR count). The van der Waals surface area contributed by atoms with Crippen molar-refractivity contribution in [2.45, 2.75) is 12.5 Å². The van der Waals surface area contributed by atoms with Crippen molar-refractivity contribution in [2.24, 2.45) is 0 Å². The number of hydrogen-bond donors (Lipinski definition) is 1. The third-order valence-electron chi connectivity index (χ3n) is 3.86. The molecule has 7 heteroatoms. The Hall–Kier alpha value is -3.12. The third kappa shape index (κ3) is 4.29. The number of nitrogens with zero attached hydrogens (tertiary/aromatic N) is 1. The number of nitrogens with one attached hydrogen (secondary N) is 1. The van der Waals surface area contributed by atoms with Gasteiger partial charge in [0.2, 0.25) is 0 Å². The minimum atomic E-state index is -0.460. The Morgan fingerprint density at radius 3 is 2.38 bits per heavy atom. The molecule has 1 atom stereocenters. The van der Waals surface area contributed by atoms with E-state index in [9.17, 15) is 14.9 Å². The lowest BCUT2D eigenvalue weighted by atomic mass is 10.0. The van der Waals surface area contributed by atoms with E-state index < -0.39 is 11.0 Å². The van der Waals surface area contributed by atoms with Gasteiger partial charge in [-0.2, -0.15) is 0 Å². The van der Waals surface area contributed by atoms with Crippen molar-refractivity contribution < 1.29 is 14.1 Å². The van der Waals surface area contributed by atoms with Crippen molar-refractivity contribution in [1.29, 1.82) is 0 Å². The van der Waals surface area contributed by atoms with Gasteiger partial charge < -0.3 is 9.73 Å². The zero-order valence-corrected chi connectivity index (χ0v) is 14.3. The van der Waals surface area contributed by atoms with Gasteiger partial charge in [0, 0.05) is 34.8 Å². The van der Waals surface area contributed by atoms with Crippen LogP contribution in [0.25, 0.3) is 0 Å². The van der Waals surface area contributed by atoms with Gasteiger partial charge in [0.25, 0.3) is 5.69 Å². The first kappa shape index (κ1) is 17.7. The normalized spacial score (nSPS) is 11.7. The van der Waals surface area contributed by atoms with Crippen LogP contribution in [-0.2, 0) is 0 Å². The molecule has 0 saturated carbocycles. The first-order valence-corrected chi connectivity index (χ1v) is 8.24. The first-order valence-electron chi connectivity index (χ1n) is 7.86. The molecule has 0 aliphatic carbocycles. The fourth-order valence-corrected chi connectivity index (χ4v) is 2.66. The number of halogens is 1. The molecule has 1 heterocycles. The Balaban J connectivity index is 1.78. The number of hydrogen-bond acceptors (Lipinski definition) is 5. The van der Waals surface area contributed by atoms with Gasteiger partial charge in [0.15, 0.2) is 5.78 Å². The molecule has 3 aromatic rings. The molecule has 0 amide bonds. The predicted molar refractivity (Wildman–Crippen MR) is 98.6 cm³/mol. The number of benzene rings is 2. The quantitative estimate of drug-likeness (QED) is 0.348. The number of non-ortho nitro benzene ring substituents is 1. The molecule has 2 aromatic carbocycles. The summed E-state index contributed by atoms with van der Waals surface area (Å²) in [5.41, 5.74) is 1.21. The molecule has 6 nitrogen and oxygen atoms in total. The van der Waals surface area contributed by atoms with E-state index in [4.69, 9.17) is 16.0 Å². The molecular weight excluding hydrogens is 356 g/mol. The van der Waals surface area contributed by atoms with Crippen LogP contribution in [0.2, 0.25) is 5.02 Å². The summed E-state index contributed by atoms with van der Waals surface area (Å²) in [6.07, 6.45) is 1.69. The Labute approximate surface area is 154 Å². The summed E-state index contributed by atoms with van der Waals surface area (Å²) >= 11 is 5.86. The summed E-state index contributed by atoms with van der Waals surface area (Å²) in [4.78, 5) is 22.9. The van der Waals surface area contributed by atoms with E-state index in [0.29, 0.717) is 22.0 Å². The van der Waals surface area contributed by atoms with Crippen LogP contribution in [0.15, 0.2) is 71.3 Å². The molecule has 0 aliphatic heterocycles. The number of nitro groups is 1. The third-order valence-corrected chi connectivity index (χ3v) is 4.11. The van der Waals surface area contributed by atoms with Crippen LogP contribution >= 0.6 is 11.6 Å². The van der Waals surface area contributed by atoms with Gasteiger partial charge in [-0.1, -0.05) is 11.6 Å². The number of rotatable bonds is 7. The lowest BCUT2D eigenvalue weighted by Crippen LogP contribution is -2.15. The van der Waals surface area contributed by atoms with Gasteiger partial charge in [-0.15, -0.1) is 0 Å². The Kier molecular flexibility index (Phi) is 5.34. The van der Waals surface area contributed by atoms with E-state index >= 15 is 0 Å². The largest absolute Gasteiger partial charge is 0.467 e. The van der Waals surface area contributed by atoms with Crippen molar-refractivity contribution in [1.82, 2.24) is 0 Å². The highest BCUT2D eigenvalue weighted by molar-refractivity contribution is 6.30. The summed E-state index contributed by atoms with van der Waals surface area (Å²) in [5.74, 6) is 0.531. The Morgan fingerprint density at radius 2 is 1.81 bits per heavy atom. The van der Waals surface area contributed by atoms with Crippen molar-refractivity contribution in [3.63, 3.8) is 0 Å². The molecule has 0 radical (unpaired) electrons. The molecule has 0 bridgehead atoms. The van der Waals surface area contributed by atoms with Gasteiger partial charge in [-0.25, -0.2) is 0 Å². The lowest BCUT2D eigenvalue weighted by Gasteiger charge is -2.17.